The van der Waals surface area contributed by atoms with E-state index in [0.717, 1.165) is 48.3 Å². The second-order valence-electron chi connectivity index (χ2n) is 8.85. The molecule has 1 N–H and O–H groups in total. The highest BCUT2D eigenvalue weighted by Crippen LogP contribution is 2.31. The molecule has 0 bridgehead atoms. The van der Waals surface area contributed by atoms with E-state index in [1.54, 1.807) is 47.5 Å². The molecule has 1 unspecified atom stereocenters. The van der Waals surface area contributed by atoms with Crippen LogP contribution < -0.4 is 10.1 Å². The standard InChI is InChI=1S/C27H24F3N5O3/c1-17-7-8-19(33-26(36)22-5-2-6-25(34-22)27(28,29)30)12-23(17)35-15-18(13-32-35)21-14-31-10-9-24(21)38-16-20-4-3-11-37-20/h2,5-10,12-15,20H,3-4,11,16H2,1H3,(H,33,36). The first-order valence-corrected chi connectivity index (χ1v) is 12.0. The van der Waals surface area contributed by atoms with Gasteiger partial charge in [-0.25, -0.2) is 9.67 Å². The zero-order valence-electron chi connectivity index (χ0n) is 20.4. The Labute approximate surface area is 216 Å². The van der Waals surface area contributed by atoms with Gasteiger partial charge in [-0.05, 0) is 55.7 Å². The number of ether oxygens (including phenoxy) is 2. The van der Waals surface area contributed by atoms with Gasteiger partial charge in [-0.3, -0.25) is 9.78 Å². The van der Waals surface area contributed by atoms with Gasteiger partial charge in [-0.1, -0.05) is 12.1 Å². The molecule has 4 aromatic rings. The van der Waals surface area contributed by atoms with Crippen LogP contribution in [0.2, 0.25) is 0 Å². The summed E-state index contributed by atoms with van der Waals surface area (Å²) < 4.78 is 52.3. The third kappa shape index (κ3) is 5.67. The van der Waals surface area contributed by atoms with E-state index in [-0.39, 0.29) is 11.8 Å². The van der Waals surface area contributed by atoms with Crippen LogP contribution in [0.25, 0.3) is 16.8 Å². The molecule has 1 saturated heterocycles. The fraction of sp³-hybridized carbons (Fsp3) is 0.259. The molecule has 3 aromatic heterocycles. The smallest absolute Gasteiger partial charge is 0.433 e. The Morgan fingerprint density at radius 2 is 2.08 bits per heavy atom. The van der Waals surface area contributed by atoms with Crippen molar-refractivity contribution in [2.24, 2.45) is 0 Å². The maximum Gasteiger partial charge on any atom is 0.433 e. The van der Waals surface area contributed by atoms with Gasteiger partial charge in [0.25, 0.3) is 5.91 Å². The molecule has 1 atom stereocenters. The van der Waals surface area contributed by atoms with Gasteiger partial charge in [0.05, 0.1) is 18.0 Å². The minimum Gasteiger partial charge on any atom is -0.490 e. The number of pyridine rings is 2. The van der Waals surface area contributed by atoms with Gasteiger partial charge in [-0.15, -0.1) is 0 Å². The minimum atomic E-state index is -4.64. The van der Waals surface area contributed by atoms with E-state index in [9.17, 15) is 18.0 Å². The van der Waals surface area contributed by atoms with E-state index in [4.69, 9.17) is 9.47 Å². The van der Waals surface area contributed by atoms with E-state index >= 15 is 0 Å². The molecule has 196 valence electrons. The van der Waals surface area contributed by atoms with Crippen LogP contribution in [-0.4, -0.2) is 45.0 Å². The second-order valence-corrected chi connectivity index (χ2v) is 8.85. The van der Waals surface area contributed by atoms with Crippen molar-refractivity contribution in [3.63, 3.8) is 0 Å². The number of carbonyl (C=O) groups is 1. The Balaban J connectivity index is 1.35. The fourth-order valence-electron chi connectivity index (χ4n) is 4.12. The van der Waals surface area contributed by atoms with Crippen molar-refractivity contribution in [3.05, 3.63) is 84.2 Å². The van der Waals surface area contributed by atoms with Gasteiger partial charge in [0, 0.05) is 42.0 Å². The van der Waals surface area contributed by atoms with Crippen LogP contribution in [-0.2, 0) is 10.9 Å². The number of benzene rings is 1. The van der Waals surface area contributed by atoms with E-state index in [1.807, 2.05) is 13.1 Å². The maximum atomic E-state index is 13.0. The van der Waals surface area contributed by atoms with Crippen molar-refractivity contribution < 1.29 is 27.4 Å². The molecule has 4 heterocycles. The van der Waals surface area contributed by atoms with Crippen LogP contribution in [0.5, 0.6) is 5.75 Å². The second kappa shape index (κ2) is 10.6. The van der Waals surface area contributed by atoms with E-state index < -0.39 is 17.8 Å². The SMILES string of the molecule is Cc1ccc(NC(=O)c2cccc(C(F)(F)F)n2)cc1-n1cc(-c2cnccc2OCC2CCCO2)cn1. The normalized spacial score (nSPS) is 15.4. The summed E-state index contributed by atoms with van der Waals surface area (Å²) in [7, 11) is 0. The largest absolute Gasteiger partial charge is 0.490 e. The summed E-state index contributed by atoms with van der Waals surface area (Å²) in [5.41, 5.74) is 2.02. The predicted octanol–water partition coefficient (Wildman–Crippen LogP) is 5.47. The number of anilines is 1. The summed E-state index contributed by atoms with van der Waals surface area (Å²) in [6.45, 7) is 3.09. The monoisotopic (exact) mass is 523 g/mol. The molecule has 1 aromatic carbocycles. The Kier molecular flexibility index (Phi) is 7.10. The van der Waals surface area contributed by atoms with Crippen LogP contribution >= 0.6 is 0 Å². The molecule has 0 radical (unpaired) electrons. The molecule has 38 heavy (non-hydrogen) atoms. The summed E-state index contributed by atoms with van der Waals surface area (Å²) in [4.78, 5) is 20.3. The van der Waals surface area contributed by atoms with Gasteiger partial charge in [0.15, 0.2) is 0 Å². The highest BCUT2D eigenvalue weighted by Gasteiger charge is 2.33. The molecule has 5 rings (SSSR count). The van der Waals surface area contributed by atoms with Gasteiger partial charge in [-0.2, -0.15) is 18.3 Å². The Morgan fingerprint density at radius 3 is 2.87 bits per heavy atom. The van der Waals surface area contributed by atoms with Crippen LogP contribution in [0.4, 0.5) is 18.9 Å². The molecule has 8 nitrogen and oxygen atoms in total. The van der Waals surface area contributed by atoms with Crippen LogP contribution in [0.1, 0.15) is 34.6 Å². The number of amides is 1. The average Bonchev–Trinajstić information content (AvgIpc) is 3.61. The number of nitrogens with zero attached hydrogens (tertiary/aromatic N) is 4. The zero-order chi connectivity index (χ0) is 26.7. The van der Waals surface area contributed by atoms with Crippen molar-refractivity contribution in [1.29, 1.82) is 0 Å². The van der Waals surface area contributed by atoms with E-state index in [2.05, 4.69) is 20.4 Å². The first-order valence-electron chi connectivity index (χ1n) is 12.0. The molecular formula is C27H24F3N5O3. The first-order chi connectivity index (χ1) is 18.3. The number of aromatic nitrogens is 4. The van der Waals surface area contributed by atoms with Crippen molar-refractivity contribution in [2.45, 2.75) is 32.0 Å². The quantitative estimate of drug-likeness (QED) is 0.346. The number of halogens is 3. The number of hydrogen-bond donors (Lipinski definition) is 1. The third-order valence-corrected chi connectivity index (χ3v) is 6.11. The van der Waals surface area contributed by atoms with Crippen molar-refractivity contribution in [1.82, 2.24) is 19.7 Å². The van der Waals surface area contributed by atoms with Crippen LogP contribution in [0.3, 0.4) is 0 Å². The summed E-state index contributed by atoms with van der Waals surface area (Å²) in [5, 5.41) is 7.09. The van der Waals surface area contributed by atoms with E-state index in [0.29, 0.717) is 23.7 Å². The topological polar surface area (TPSA) is 91.2 Å². The van der Waals surface area contributed by atoms with Gasteiger partial charge in [0.2, 0.25) is 0 Å². The van der Waals surface area contributed by atoms with Gasteiger partial charge >= 0.3 is 6.18 Å². The predicted molar refractivity (Wildman–Crippen MR) is 133 cm³/mol. The average molecular weight is 524 g/mol. The number of alkyl halides is 3. The molecule has 1 aliphatic heterocycles. The lowest BCUT2D eigenvalue weighted by Crippen LogP contribution is -2.17. The number of carbonyl (C=O) groups excluding carboxylic acids is 1. The Hall–Kier alpha value is -4.25. The van der Waals surface area contributed by atoms with Crippen molar-refractivity contribution >= 4 is 11.6 Å². The highest BCUT2D eigenvalue weighted by atomic mass is 19.4. The van der Waals surface area contributed by atoms with E-state index in [1.165, 1.54) is 6.07 Å². The number of rotatable bonds is 7. The molecule has 1 fully saturated rings. The molecule has 1 aliphatic rings. The molecule has 1 amide bonds. The molecule has 0 aliphatic carbocycles. The molecule has 0 spiro atoms. The minimum absolute atomic E-state index is 0.0745. The lowest BCUT2D eigenvalue weighted by Gasteiger charge is -2.13. The summed E-state index contributed by atoms with van der Waals surface area (Å²) in [6, 6.07) is 10.1. The number of aryl methyl sites for hydroxylation is 1. The lowest BCUT2D eigenvalue weighted by molar-refractivity contribution is -0.141. The van der Waals surface area contributed by atoms with Gasteiger partial charge in [0.1, 0.15) is 23.7 Å². The lowest BCUT2D eigenvalue weighted by atomic mass is 10.1. The zero-order valence-corrected chi connectivity index (χ0v) is 20.4. The molecular weight excluding hydrogens is 499 g/mol. The van der Waals surface area contributed by atoms with Gasteiger partial charge < -0.3 is 14.8 Å². The van der Waals surface area contributed by atoms with Crippen LogP contribution in [0, 0.1) is 6.92 Å². The summed E-state index contributed by atoms with van der Waals surface area (Å²) in [6.07, 6.45) is 4.30. The highest BCUT2D eigenvalue weighted by molar-refractivity contribution is 6.03. The van der Waals surface area contributed by atoms with Crippen molar-refractivity contribution in [3.8, 4) is 22.6 Å². The number of nitrogens with one attached hydrogen (secondary N) is 1. The van der Waals surface area contributed by atoms with Crippen molar-refractivity contribution in [2.75, 3.05) is 18.5 Å². The molecule has 11 heteroatoms. The summed E-state index contributed by atoms with van der Waals surface area (Å²) >= 11 is 0. The third-order valence-electron chi connectivity index (χ3n) is 6.11. The fourth-order valence-corrected chi connectivity index (χ4v) is 4.12. The Bertz CT molecular complexity index is 1450. The maximum absolute atomic E-state index is 13.0. The number of hydrogen-bond acceptors (Lipinski definition) is 6. The Morgan fingerprint density at radius 1 is 1.21 bits per heavy atom. The first kappa shape index (κ1) is 25.4. The molecule has 0 saturated carbocycles. The van der Waals surface area contributed by atoms with Crippen LogP contribution in [0.15, 0.2) is 67.3 Å². The summed E-state index contributed by atoms with van der Waals surface area (Å²) in [5.74, 6) is -0.0863.